The molecule has 10 heteroatoms. The Balaban J connectivity index is 0.00000141. The van der Waals surface area contributed by atoms with Gasteiger partial charge < -0.3 is 19.9 Å². The number of aliphatic hydroxyl groups excluding tert-OH is 1. The maximum atomic E-state index is 10.4. The first kappa shape index (κ1) is 26.2. The zero-order valence-corrected chi connectivity index (χ0v) is 23.3. The molecule has 3 aromatic heterocycles. The molecule has 0 aromatic carbocycles. The van der Waals surface area contributed by atoms with Crippen LogP contribution in [0.1, 0.15) is 52.4 Å². The van der Waals surface area contributed by atoms with Crippen LogP contribution in [-0.4, -0.2) is 61.4 Å². The number of rotatable bonds is 5. The zero-order valence-electron chi connectivity index (χ0n) is 21.6. The van der Waals surface area contributed by atoms with Gasteiger partial charge in [-0.15, -0.1) is 11.3 Å². The van der Waals surface area contributed by atoms with Gasteiger partial charge in [0.1, 0.15) is 22.4 Å². The molecule has 0 radical (unpaired) electrons. The number of hydrogen-bond acceptors (Lipinski definition) is 10. The molecule has 5 atom stereocenters. The highest BCUT2D eigenvalue weighted by atomic mass is 32.2. The third-order valence-corrected chi connectivity index (χ3v) is 7.99. The number of hydrogen-bond donors (Lipinski definition) is 2. The summed E-state index contributed by atoms with van der Waals surface area (Å²) >= 11 is 3.12. The van der Waals surface area contributed by atoms with E-state index in [1.807, 2.05) is 67.0 Å². The molecule has 1 aliphatic carbocycles. The number of pyridine rings is 1. The minimum absolute atomic E-state index is 0.0168. The minimum Gasteiger partial charge on any atom is -0.393 e. The van der Waals surface area contributed by atoms with E-state index in [0.29, 0.717) is 5.16 Å². The smallest absolute Gasteiger partial charge is 0.189 e. The predicted octanol–water partition coefficient (Wildman–Crippen LogP) is 5.21. The van der Waals surface area contributed by atoms with E-state index in [4.69, 9.17) is 24.4 Å². The third kappa shape index (κ3) is 5.04. The van der Waals surface area contributed by atoms with Crippen LogP contribution in [0.25, 0.3) is 20.8 Å². The lowest BCUT2D eigenvalue weighted by atomic mass is 9.99. The number of thioether (sulfide) groups is 1. The van der Waals surface area contributed by atoms with Crippen LogP contribution < -0.4 is 5.32 Å². The fourth-order valence-electron chi connectivity index (χ4n) is 4.90. The molecular weight excluding hydrogens is 482 g/mol. The second-order valence-corrected chi connectivity index (χ2v) is 11.0. The van der Waals surface area contributed by atoms with Gasteiger partial charge in [-0.3, -0.25) is 4.98 Å². The average molecular weight is 518 g/mol. The summed E-state index contributed by atoms with van der Waals surface area (Å²) in [6, 6.07) is 1.93. The Kier molecular flexibility index (Phi) is 7.68. The predicted molar refractivity (Wildman–Crippen MR) is 142 cm³/mol. The Labute approximate surface area is 215 Å². The summed E-state index contributed by atoms with van der Waals surface area (Å²) in [6.45, 7) is 13.6. The summed E-state index contributed by atoms with van der Waals surface area (Å²) in [5.41, 5.74) is 3.57. The van der Waals surface area contributed by atoms with Crippen molar-refractivity contribution in [1.29, 1.82) is 0 Å². The molecule has 1 aliphatic heterocycles. The quantitative estimate of drug-likeness (QED) is 0.348. The van der Waals surface area contributed by atoms with Crippen molar-refractivity contribution in [3.05, 3.63) is 23.7 Å². The van der Waals surface area contributed by atoms with E-state index >= 15 is 0 Å². The van der Waals surface area contributed by atoms with Gasteiger partial charge in [-0.05, 0) is 53.4 Å². The van der Waals surface area contributed by atoms with Crippen LogP contribution in [0.15, 0.2) is 17.4 Å². The number of aryl methyl sites for hydroxylation is 2. The number of aliphatic hydroxyl groups is 1. The number of fused-ring (bicyclic) bond motifs is 2. The van der Waals surface area contributed by atoms with Gasteiger partial charge in [-0.2, -0.15) is 0 Å². The van der Waals surface area contributed by atoms with Gasteiger partial charge in [-0.1, -0.05) is 25.6 Å². The molecule has 35 heavy (non-hydrogen) atoms. The number of nitrogens with zero attached hydrogens (tertiary/aromatic N) is 4. The molecule has 5 rings (SSSR count). The summed E-state index contributed by atoms with van der Waals surface area (Å²) in [7, 11) is 0. The van der Waals surface area contributed by atoms with E-state index in [0.717, 1.165) is 44.4 Å². The molecule has 3 aromatic rings. The normalized spacial score (nSPS) is 25.7. The second-order valence-electron chi connectivity index (χ2n) is 9.24. The van der Waals surface area contributed by atoms with Gasteiger partial charge in [0, 0.05) is 12.1 Å². The van der Waals surface area contributed by atoms with E-state index in [1.54, 1.807) is 11.3 Å². The number of aromatic nitrogens is 4. The molecule has 2 fully saturated rings. The van der Waals surface area contributed by atoms with Crippen molar-refractivity contribution < 1.29 is 14.6 Å². The lowest BCUT2D eigenvalue weighted by Gasteiger charge is -2.25. The molecule has 0 spiro atoms. The van der Waals surface area contributed by atoms with Crippen LogP contribution in [0.5, 0.6) is 0 Å². The highest BCUT2D eigenvalue weighted by Crippen LogP contribution is 2.45. The lowest BCUT2D eigenvalue weighted by molar-refractivity contribution is -0.161. The Morgan fingerprint density at radius 1 is 1.14 bits per heavy atom. The zero-order chi connectivity index (χ0) is 25.5. The van der Waals surface area contributed by atoms with Crippen molar-refractivity contribution in [2.75, 3.05) is 11.6 Å². The summed E-state index contributed by atoms with van der Waals surface area (Å²) in [5.74, 6) is 0.0339. The highest BCUT2D eigenvalue weighted by Gasteiger charge is 2.55. The Hall–Kier alpha value is -1.85. The molecule has 2 N–H and O–H groups in total. The van der Waals surface area contributed by atoms with E-state index in [-0.39, 0.29) is 24.2 Å². The summed E-state index contributed by atoms with van der Waals surface area (Å²) in [4.78, 5) is 18.8. The van der Waals surface area contributed by atoms with Gasteiger partial charge in [0.05, 0.1) is 39.9 Å². The summed E-state index contributed by atoms with van der Waals surface area (Å²) < 4.78 is 13.5. The number of nitrogens with one attached hydrogen (secondary N) is 1. The molecule has 1 saturated carbocycles. The molecule has 0 bridgehead atoms. The summed E-state index contributed by atoms with van der Waals surface area (Å²) in [5, 5.41) is 15.6. The van der Waals surface area contributed by atoms with E-state index in [9.17, 15) is 5.11 Å². The van der Waals surface area contributed by atoms with Crippen molar-refractivity contribution in [1.82, 2.24) is 19.9 Å². The Morgan fingerprint density at radius 3 is 2.51 bits per heavy atom. The van der Waals surface area contributed by atoms with Crippen LogP contribution in [0.3, 0.4) is 0 Å². The average Bonchev–Trinajstić information content (AvgIpc) is 3.47. The van der Waals surface area contributed by atoms with Crippen molar-refractivity contribution >= 4 is 39.1 Å². The minimum atomic E-state index is -0.685. The first-order chi connectivity index (χ1) is 16.7. The van der Waals surface area contributed by atoms with E-state index in [2.05, 4.69) is 10.3 Å². The third-order valence-electron chi connectivity index (χ3n) is 6.41. The monoisotopic (exact) mass is 517 g/mol. The van der Waals surface area contributed by atoms with E-state index in [1.165, 1.54) is 11.8 Å². The van der Waals surface area contributed by atoms with Crippen molar-refractivity contribution in [3.8, 4) is 10.6 Å². The molecule has 1 saturated heterocycles. The summed E-state index contributed by atoms with van der Waals surface area (Å²) in [6.07, 6.45) is 3.67. The van der Waals surface area contributed by atoms with Gasteiger partial charge in [0.25, 0.3) is 0 Å². The molecular formula is C25H35N5O3S2. The van der Waals surface area contributed by atoms with Crippen molar-refractivity contribution in [2.45, 2.75) is 90.2 Å². The molecule has 2 aliphatic rings. The van der Waals surface area contributed by atoms with Gasteiger partial charge in [0.2, 0.25) is 0 Å². The first-order valence-corrected chi connectivity index (χ1v) is 14.2. The lowest BCUT2D eigenvalue weighted by Crippen LogP contribution is -2.35. The maximum Gasteiger partial charge on any atom is 0.189 e. The van der Waals surface area contributed by atoms with Crippen LogP contribution in [0, 0.1) is 19.8 Å². The first-order valence-electron chi connectivity index (χ1n) is 12.1. The van der Waals surface area contributed by atoms with Crippen LogP contribution in [0.2, 0.25) is 0 Å². The Morgan fingerprint density at radius 2 is 1.86 bits per heavy atom. The number of thiazole rings is 1. The van der Waals surface area contributed by atoms with Gasteiger partial charge >= 0.3 is 0 Å². The second kappa shape index (κ2) is 10.3. The van der Waals surface area contributed by atoms with Crippen LogP contribution in [-0.2, 0) is 9.47 Å². The number of anilines is 1. The fraction of sp³-hybridized carbons (Fsp3) is 0.600. The topological polar surface area (TPSA) is 102 Å². The molecule has 3 unspecified atom stereocenters. The largest absolute Gasteiger partial charge is 0.393 e. The van der Waals surface area contributed by atoms with Crippen molar-refractivity contribution in [2.24, 2.45) is 5.92 Å². The van der Waals surface area contributed by atoms with Crippen molar-refractivity contribution in [3.63, 3.8) is 0 Å². The highest BCUT2D eigenvalue weighted by molar-refractivity contribution is 7.98. The molecule has 190 valence electrons. The standard InChI is InChI=1S/C23H29N5O3S2.C2H6/c1-10-16(21-27-17-11(2)24-8-7-15(17)33-21)20(28-22(25-10)32-6)26-14-9-13(12(3)29)18-19(14)31-23(4,5)30-18;1-2/h7-8,12-14,18-19,29H,9H2,1-6H3,(H,25,26,28);1-2H3/t12?,13?,14?,18-,19+;/m1./s1. The van der Waals surface area contributed by atoms with Gasteiger partial charge in [0.15, 0.2) is 10.9 Å². The van der Waals surface area contributed by atoms with E-state index < -0.39 is 11.9 Å². The molecule has 8 nitrogen and oxygen atoms in total. The van der Waals surface area contributed by atoms with Gasteiger partial charge in [-0.25, -0.2) is 15.0 Å². The maximum absolute atomic E-state index is 10.4. The Bertz CT molecular complexity index is 1200. The fourth-order valence-corrected chi connectivity index (χ4v) is 6.42. The van der Waals surface area contributed by atoms with Crippen LogP contribution in [0.4, 0.5) is 5.82 Å². The number of ether oxygens (including phenoxy) is 2. The van der Waals surface area contributed by atoms with Crippen LogP contribution >= 0.6 is 23.1 Å². The SMILES string of the molecule is CC.CSc1nc(C)c(-c2nc3c(C)nccc3s2)c(NC2CC(C(C)O)[C@H]3OC(C)(C)O[C@@H]23)n1. The molecule has 4 heterocycles. The molecule has 0 amide bonds.